The lowest BCUT2D eigenvalue weighted by atomic mass is 10.1. The third-order valence-corrected chi connectivity index (χ3v) is 3.09. The van der Waals surface area contributed by atoms with E-state index in [4.69, 9.17) is 10.8 Å². The van der Waals surface area contributed by atoms with E-state index in [9.17, 15) is 9.59 Å². The van der Waals surface area contributed by atoms with Gasteiger partial charge in [0, 0.05) is 32.1 Å². The summed E-state index contributed by atoms with van der Waals surface area (Å²) in [7, 11) is 0. The van der Waals surface area contributed by atoms with Gasteiger partial charge in [-0.25, -0.2) is 4.79 Å². The van der Waals surface area contributed by atoms with Gasteiger partial charge in [0.1, 0.15) is 0 Å². The molecule has 1 atom stereocenters. The molecule has 6 nitrogen and oxygen atoms in total. The number of urea groups is 1. The fraction of sp³-hybridized carbons (Fsp3) is 0.833. The van der Waals surface area contributed by atoms with Crippen LogP contribution in [0.4, 0.5) is 4.79 Å². The number of carbonyl (C=O) groups excluding carboxylic acids is 1. The van der Waals surface area contributed by atoms with Gasteiger partial charge < -0.3 is 21.1 Å². The van der Waals surface area contributed by atoms with Crippen LogP contribution >= 0.6 is 0 Å². The molecule has 18 heavy (non-hydrogen) atoms. The van der Waals surface area contributed by atoms with Crippen LogP contribution in [0.5, 0.6) is 0 Å². The molecule has 0 aliphatic carbocycles. The normalized spacial score (nSPS) is 19.6. The Balaban J connectivity index is 2.04. The first kappa shape index (κ1) is 14.8. The van der Waals surface area contributed by atoms with Crippen LogP contribution in [0.1, 0.15) is 38.5 Å². The molecule has 6 heteroatoms. The van der Waals surface area contributed by atoms with E-state index in [0.29, 0.717) is 19.5 Å². The topological polar surface area (TPSA) is 95.7 Å². The van der Waals surface area contributed by atoms with E-state index in [2.05, 4.69) is 5.32 Å². The smallest absolute Gasteiger partial charge is 0.317 e. The molecular formula is C12H23N3O3. The molecule has 0 aromatic heterocycles. The summed E-state index contributed by atoms with van der Waals surface area (Å²) in [5.41, 5.74) is 5.81. The second kappa shape index (κ2) is 7.92. The lowest BCUT2D eigenvalue weighted by Crippen LogP contribution is -2.49. The van der Waals surface area contributed by atoms with Gasteiger partial charge in [-0.2, -0.15) is 0 Å². The molecule has 1 fully saturated rings. The van der Waals surface area contributed by atoms with Crippen LogP contribution in [-0.2, 0) is 4.79 Å². The van der Waals surface area contributed by atoms with Crippen molar-refractivity contribution in [2.75, 3.05) is 19.6 Å². The standard InChI is InChI=1S/C12H23N3O3/c13-10-5-4-8-15(9-10)12(18)14-7-3-1-2-6-11(16)17/h10H,1-9,13H2,(H,14,18)(H,16,17). The Morgan fingerprint density at radius 1 is 1.33 bits per heavy atom. The van der Waals surface area contributed by atoms with Gasteiger partial charge in [-0.1, -0.05) is 6.42 Å². The van der Waals surface area contributed by atoms with Gasteiger partial charge in [-0.05, 0) is 25.7 Å². The first-order chi connectivity index (χ1) is 8.59. The zero-order valence-electron chi connectivity index (χ0n) is 10.7. The average molecular weight is 257 g/mol. The molecule has 4 N–H and O–H groups in total. The predicted molar refractivity (Wildman–Crippen MR) is 68.3 cm³/mol. The summed E-state index contributed by atoms with van der Waals surface area (Å²) in [4.78, 5) is 23.8. The molecule has 2 amide bonds. The number of carboxylic acids is 1. The van der Waals surface area contributed by atoms with Crippen molar-refractivity contribution >= 4 is 12.0 Å². The molecule has 104 valence electrons. The van der Waals surface area contributed by atoms with E-state index >= 15 is 0 Å². The maximum absolute atomic E-state index is 11.7. The van der Waals surface area contributed by atoms with Crippen molar-refractivity contribution in [1.29, 1.82) is 0 Å². The van der Waals surface area contributed by atoms with E-state index in [1.54, 1.807) is 4.90 Å². The number of unbranched alkanes of at least 4 members (excludes halogenated alkanes) is 2. The number of nitrogens with one attached hydrogen (secondary N) is 1. The molecule has 0 saturated carbocycles. The van der Waals surface area contributed by atoms with Gasteiger partial charge in [0.2, 0.25) is 0 Å². The van der Waals surface area contributed by atoms with Gasteiger partial charge in [-0.3, -0.25) is 4.79 Å². The minimum absolute atomic E-state index is 0.0524. The summed E-state index contributed by atoms with van der Waals surface area (Å²) >= 11 is 0. The Labute approximate surface area is 108 Å². The summed E-state index contributed by atoms with van der Waals surface area (Å²) in [5, 5.41) is 11.3. The Morgan fingerprint density at radius 3 is 2.78 bits per heavy atom. The Kier molecular flexibility index (Phi) is 6.49. The van der Waals surface area contributed by atoms with Crippen LogP contribution in [0.15, 0.2) is 0 Å². The van der Waals surface area contributed by atoms with Crippen molar-refractivity contribution in [2.24, 2.45) is 5.73 Å². The first-order valence-corrected chi connectivity index (χ1v) is 6.59. The summed E-state index contributed by atoms with van der Waals surface area (Å²) in [6.07, 6.45) is 4.46. The number of carbonyl (C=O) groups is 2. The number of hydrogen-bond acceptors (Lipinski definition) is 3. The van der Waals surface area contributed by atoms with Crippen LogP contribution in [0.3, 0.4) is 0 Å². The molecule has 1 heterocycles. The van der Waals surface area contributed by atoms with E-state index in [1.165, 1.54) is 0 Å². The van der Waals surface area contributed by atoms with Crippen molar-refractivity contribution < 1.29 is 14.7 Å². The number of nitrogens with two attached hydrogens (primary N) is 1. The summed E-state index contributed by atoms with van der Waals surface area (Å²) in [6.45, 7) is 2.01. The highest BCUT2D eigenvalue weighted by atomic mass is 16.4. The number of nitrogens with zero attached hydrogens (tertiary/aromatic N) is 1. The summed E-state index contributed by atoms with van der Waals surface area (Å²) in [6, 6.07) is 0.0449. The molecule has 0 aromatic rings. The maximum Gasteiger partial charge on any atom is 0.317 e. The largest absolute Gasteiger partial charge is 0.481 e. The zero-order valence-corrected chi connectivity index (χ0v) is 10.7. The lowest BCUT2D eigenvalue weighted by Gasteiger charge is -2.30. The van der Waals surface area contributed by atoms with E-state index in [-0.39, 0.29) is 18.5 Å². The van der Waals surface area contributed by atoms with E-state index in [1.807, 2.05) is 0 Å². The van der Waals surface area contributed by atoms with Crippen molar-refractivity contribution in [2.45, 2.75) is 44.6 Å². The molecule has 0 spiro atoms. The molecule has 0 bridgehead atoms. The van der Waals surface area contributed by atoms with Gasteiger partial charge in [0.25, 0.3) is 0 Å². The van der Waals surface area contributed by atoms with Crippen molar-refractivity contribution in [3.63, 3.8) is 0 Å². The minimum atomic E-state index is -0.763. The molecule has 1 rings (SSSR count). The molecule has 0 aromatic carbocycles. The Morgan fingerprint density at radius 2 is 2.11 bits per heavy atom. The molecule has 1 unspecified atom stereocenters. The highest BCUT2D eigenvalue weighted by Gasteiger charge is 2.20. The van der Waals surface area contributed by atoms with Gasteiger partial charge in [0.15, 0.2) is 0 Å². The Bertz CT molecular complexity index is 284. The molecule has 1 aliphatic rings. The molecular weight excluding hydrogens is 234 g/mol. The van der Waals surface area contributed by atoms with Crippen molar-refractivity contribution in [3.8, 4) is 0 Å². The lowest BCUT2D eigenvalue weighted by molar-refractivity contribution is -0.137. The molecule has 1 aliphatic heterocycles. The van der Waals surface area contributed by atoms with Crippen molar-refractivity contribution in [1.82, 2.24) is 10.2 Å². The highest BCUT2D eigenvalue weighted by molar-refractivity contribution is 5.74. The van der Waals surface area contributed by atoms with Crippen LogP contribution in [0, 0.1) is 0 Å². The third-order valence-electron chi connectivity index (χ3n) is 3.09. The highest BCUT2D eigenvalue weighted by Crippen LogP contribution is 2.08. The third kappa shape index (κ3) is 5.86. The van der Waals surface area contributed by atoms with Gasteiger partial charge >= 0.3 is 12.0 Å². The second-order valence-electron chi connectivity index (χ2n) is 4.78. The summed E-state index contributed by atoms with van der Waals surface area (Å²) in [5.74, 6) is -0.763. The number of likely N-dealkylation sites (tertiary alicyclic amines) is 1. The number of amides is 2. The minimum Gasteiger partial charge on any atom is -0.481 e. The molecule has 1 saturated heterocycles. The monoisotopic (exact) mass is 257 g/mol. The van der Waals surface area contributed by atoms with Crippen molar-refractivity contribution in [3.05, 3.63) is 0 Å². The number of carboxylic acid groups (broad SMARTS) is 1. The van der Waals surface area contributed by atoms with E-state index in [0.717, 1.165) is 32.2 Å². The second-order valence-corrected chi connectivity index (χ2v) is 4.78. The fourth-order valence-electron chi connectivity index (χ4n) is 2.08. The summed E-state index contributed by atoms with van der Waals surface area (Å²) < 4.78 is 0. The maximum atomic E-state index is 11.7. The fourth-order valence-corrected chi connectivity index (χ4v) is 2.08. The number of aliphatic carboxylic acids is 1. The number of piperidine rings is 1. The van der Waals surface area contributed by atoms with E-state index < -0.39 is 5.97 Å². The van der Waals surface area contributed by atoms with Crippen LogP contribution < -0.4 is 11.1 Å². The van der Waals surface area contributed by atoms with Gasteiger partial charge in [0.05, 0.1) is 0 Å². The average Bonchev–Trinajstić information content (AvgIpc) is 2.33. The predicted octanol–water partition coefficient (Wildman–Crippen LogP) is 0.764. The Hall–Kier alpha value is -1.30. The van der Waals surface area contributed by atoms with Crippen LogP contribution in [0.2, 0.25) is 0 Å². The quantitative estimate of drug-likeness (QED) is 0.612. The SMILES string of the molecule is NC1CCCN(C(=O)NCCCCCC(=O)O)C1. The first-order valence-electron chi connectivity index (χ1n) is 6.59. The van der Waals surface area contributed by atoms with Gasteiger partial charge in [-0.15, -0.1) is 0 Å². The number of rotatable bonds is 6. The number of hydrogen-bond donors (Lipinski definition) is 3. The molecule has 0 radical (unpaired) electrons. The van der Waals surface area contributed by atoms with Crippen LogP contribution in [-0.4, -0.2) is 47.7 Å². The van der Waals surface area contributed by atoms with Crippen LogP contribution in [0.25, 0.3) is 0 Å². The zero-order chi connectivity index (χ0) is 13.4.